The monoisotopic (exact) mass is 369 g/mol. The zero-order chi connectivity index (χ0) is 19.3. The van der Waals surface area contributed by atoms with Crippen LogP contribution in [0.25, 0.3) is 11.0 Å². The number of aryl methyl sites for hydroxylation is 2. The molecule has 1 atom stereocenters. The van der Waals surface area contributed by atoms with Gasteiger partial charge in [0.05, 0.1) is 17.1 Å². The molecule has 0 aliphatic carbocycles. The molecule has 1 N–H and O–H groups in total. The Labute approximate surface area is 164 Å². The summed E-state index contributed by atoms with van der Waals surface area (Å²) in [6.07, 6.45) is 0.910. The van der Waals surface area contributed by atoms with Crippen LogP contribution in [0.3, 0.4) is 0 Å². The van der Waals surface area contributed by atoms with Gasteiger partial charge in [0.25, 0.3) is 5.91 Å². The molecule has 140 valence electrons. The van der Waals surface area contributed by atoms with Crippen molar-refractivity contribution in [3.8, 4) is 0 Å². The Morgan fingerprint density at radius 2 is 1.57 bits per heavy atom. The first-order chi connectivity index (χ1) is 13.7. The van der Waals surface area contributed by atoms with Crippen LogP contribution in [0.5, 0.6) is 0 Å². The van der Waals surface area contributed by atoms with Crippen LogP contribution in [0.1, 0.15) is 34.7 Å². The van der Waals surface area contributed by atoms with Crippen molar-refractivity contribution in [2.75, 3.05) is 0 Å². The van der Waals surface area contributed by atoms with Gasteiger partial charge < -0.3 is 9.88 Å². The SMILES string of the molecule is CC(NC(=O)c1ccccc1)c1nc2ccccc2n1CCc1ccccc1. The summed E-state index contributed by atoms with van der Waals surface area (Å²) in [6.45, 7) is 2.80. The highest BCUT2D eigenvalue weighted by Gasteiger charge is 2.19. The van der Waals surface area contributed by atoms with Gasteiger partial charge in [-0.25, -0.2) is 4.98 Å². The number of hydrogen-bond acceptors (Lipinski definition) is 2. The third-order valence-corrected chi connectivity index (χ3v) is 4.92. The minimum atomic E-state index is -0.198. The molecule has 4 heteroatoms. The molecule has 1 aromatic heterocycles. The first-order valence-electron chi connectivity index (χ1n) is 9.57. The average Bonchev–Trinajstić information content (AvgIpc) is 3.12. The lowest BCUT2D eigenvalue weighted by Gasteiger charge is -2.16. The van der Waals surface area contributed by atoms with E-state index in [1.807, 2.05) is 61.5 Å². The van der Waals surface area contributed by atoms with E-state index in [-0.39, 0.29) is 11.9 Å². The lowest BCUT2D eigenvalue weighted by atomic mass is 10.1. The molecule has 4 nitrogen and oxygen atoms in total. The standard InChI is InChI=1S/C24H23N3O/c1-18(25-24(28)20-12-6-3-7-13-20)23-26-21-14-8-9-15-22(21)27(23)17-16-19-10-4-2-5-11-19/h2-15,18H,16-17H2,1H3,(H,25,28). The van der Waals surface area contributed by atoms with E-state index in [0.29, 0.717) is 5.56 Å². The maximum absolute atomic E-state index is 12.6. The van der Waals surface area contributed by atoms with Crippen LogP contribution in [0.15, 0.2) is 84.9 Å². The molecule has 0 saturated carbocycles. The maximum Gasteiger partial charge on any atom is 0.251 e. The minimum absolute atomic E-state index is 0.0882. The van der Waals surface area contributed by atoms with E-state index in [1.54, 1.807) is 0 Å². The smallest absolute Gasteiger partial charge is 0.251 e. The van der Waals surface area contributed by atoms with Crippen LogP contribution in [-0.2, 0) is 13.0 Å². The normalized spacial score (nSPS) is 12.0. The molecule has 1 unspecified atom stereocenters. The van der Waals surface area contributed by atoms with E-state index < -0.39 is 0 Å². The van der Waals surface area contributed by atoms with Crippen molar-refractivity contribution in [2.45, 2.75) is 25.9 Å². The summed E-state index contributed by atoms with van der Waals surface area (Å²) in [7, 11) is 0. The topological polar surface area (TPSA) is 46.9 Å². The Hall–Kier alpha value is -3.40. The second-order valence-electron chi connectivity index (χ2n) is 6.91. The number of carbonyl (C=O) groups excluding carboxylic acids is 1. The van der Waals surface area contributed by atoms with Gasteiger partial charge in [0.2, 0.25) is 0 Å². The van der Waals surface area contributed by atoms with Gasteiger partial charge in [-0.1, -0.05) is 60.7 Å². The van der Waals surface area contributed by atoms with Crippen LogP contribution in [-0.4, -0.2) is 15.5 Å². The summed E-state index contributed by atoms with van der Waals surface area (Å²) in [4.78, 5) is 17.4. The molecule has 0 aliphatic heterocycles. The van der Waals surface area contributed by atoms with Crippen LogP contribution in [0.4, 0.5) is 0 Å². The third kappa shape index (κ3) is 3.81. The number of para-hydroxylation sites is 2. The quantitative estimate of drug-likeness (QED) is 0.532. The number of hydrogen-bond donors (Lipinski definition) is 1. The van der Waals surface area contributed by atoms with Gasteiger partial charge in [-0.2, -0.15) is 0 Å². The zero-order valence-electron chi connectivity index (χ0n) is 15.9. The first kappa shape index (κ1) is 18.0. The molecule has 3 aromatic carbocycles. The predicted octanol–water partition coefficient (Wildman–Crippen LogP) is 4.77. The number of benzene rings is 3. The molecule has 1 heterocycles. The van der Waals surface area contributed by atoms with Gasteiger partial charge in [-0.15, -0.1) is 0 Å². The number of nitrogens with zero attached hydrogens (tertiary/aromatic N) is 2. The largest absolute Gasteiger partial charge is 0.342 e. The number of imidazole rings is 1. The van der Waals surface area contributed by atoms with Crippen LogP contribution < -0.4 is 5.32 Å². The van der Waals surface area contributed by atoms with Gasteiger partial charge in [-0.05, 0) is 43.2 Å². The first-order valence-corrected chi connectivity index (χ1v) is 9.57. The van der Waals surface area contributed by atoms with Crippen molar-refractivity contribution in [2.24, 2.45) is 0 Å². The van der Waals surface area contributed by atoms with Gasteiger partial charge in [0.1, 0.15) is 5.82 Å². The molecule has 4 rings (SSSR count). The molecule has 0 radical (unpaired) electrons. The predicted molar refractivity (Wildman–Crippen MR) is 112 cm³/mol. The van der Waals surface area contributed by atoms with E-state index in [0.717, 1.165) is 29.8 Å². The fraction of sp³-hybridized carbons (Fsp3) is 0.167. The molecule has 0 fully saturated rings. The highest BCUT2D eigenvalue weighted by molar-refractivity contribution is 5.94. The highest BCUT2D eigenvalue weighted by Crippen LogP contribution is 2.22. The molecule has 28 heavy (non-hydrogen) atoms. The van der Waals surface area contributed by atoms with Crippen molar-refractivity contribution < 1.29 is 4.79 Å². The fourth-order valence-corrected chi connectivity index (χ4v) is 3.48. The summed E-state index contributed by atoms with van der Waals surface area (Å²) in [5.74, 6) is 0.788. The Balaban J connectivity index is 1.61. The number of nitrogens with one attached hydrogen (secondary N) is 1. The summed E-state index contributed by atoms with van der Waals surface area (Å²) in [5, 5.41) is 3.09. The maximum atomic E-state index is 12.6. The summed E-state index contributed by atoms with van der Waals surface area (Å²) >= 11 is 0. The van der Waals surface area contributed by atoms with Crippen molar-refractivity contribution in [3.05, 3.63) is 102 Å². The van der Waals surface area contributed by atoms with Crippen molar-refractivity contribution in [1.82, 2.24) is 14.9 Å². The Kier molecular flexibility index (Phi) is 5.20. The number of aromatic nitrogens is 2. The van der Waals surface area contributed by atoms with Crippen LogP contribution >= 0.6 is 0 Å². The summed E-state index contributed by atoms with van der Waals surface area (Å²) < 4.78 is 2.22. The van der Waals surface area contributed by atoms with Gasteiger partial charge in [0, 0.05) is 12.1 Å². The second kappa shape index (κ2) is 8.09. The lowest BCUT2D eigenvalue weighted by molar-refractivity contribution is 0.0937. The molecule has 0 spiro atoms. The number of fused-ring (bicyclic) bond motifs is 1. The van der Waals surface area contributed by atoms with E-state index in [1.165, 1.54) is 5.56 Å². The van der Waals surface area contributed by atoms with E-state index in [2.05, 4.69) is 40.2 Å². The van der Waals surface area contributed by atoms with Gasteiger partial charge >= 0.3 is 0 Å². The van der Waals surface area contributed by atoms with Crippen LogP contribution in [0.2, 0.25) is 0 Å². The van der Waals surface area contributed by atoms with E-state index in [4.69, 9.17) is 4.98 Å². The number of amides is 1. The molecule has 0 saturated heterocycles. The summed E-state index contributed by atoms with van der Waals surface area (Å²) in [6, 6.07) is 27.6. The average molecular weight is 369 g/mol. The second-order valence-corrected chi connectivity index (χ2v) is 6.91. The van der Waals surface area contributed by atoms with E-state index in [9.17, 15) is 4.79 Å². The number of carbonyl (C=O) groups is 1. The van der Waals surface area contributed by atoms with Crippen molar-refractivity contribution in [3.63, 3.8) is 0 Å². The molecular formula is C24H23N3O. The molecule has 0 bridgehead atoms. The Morgan fingerprint density at radius 3 is 2.32 bits per heavy atom. The molecular weight excluding hydrogens is 346 g/mol. The van der Waals surface area contributed by atoms with Gasteiger partial charge in [-0.3, -0.25) is 4.79 Å². The summed E-state index contributed by atoms with van der Waals surface area (Å²) in [5.41, 5.74) is 3.98. The lowest BCUT2D eigenvalue weighted by Crippen LogP contribution is -2.28. The minimum Gasteiger partial charge on any atom is -0.342 e. The molecule has 0 aliphatic rings. The van der Waals surface area contributed by atoms with Gasteiger partial charge in [0.15, 0.2) is 0 Å². The Morgan fingerprint density at radius 1 is 0.929 bits per heavy atom. The van der Waals surface area contributed by atoms with Crippen LogP contribution in [0, 0.1) is 0 Å². The fourth-order valence-electron chi connectivity index (χ4n) is 3.48. The van der Waals surface area contributed by atoms with Crippen molar-refractivity contribution in [1.29, 1.82) is 0 Å². The highest BCUT2D eigenvalue weighted by atomic mass is 16.1. The Bertz CT molecular complexity index is 1070. The van der Waals surface area contributed by atoms with E-state index >= 15 is 0 Å². The number of rotatable bonds is 6. The molecule has 4 aromatic rings. The zero-order valence-corrected chi connectivity index (χ0v) is 15.9. The van der Waals surface area contributed by atoms with Crippen molar-refractivity contribution >= 4 is 16.9 Å². The third-order valence-electron chi connectivity index (χ3n) is 4.92. The molecule has 1 amide bonds.